The Bertz CT molecular complexity index is 977. The van der Waals surface area contributed by atoms with E-state index >= 15 is 0 Å². The molecule has 7 nitrogen and oxygen atoms in total. The van der Waals surface area contributed by atoms with Crippen LogP contribution in [0.4, 0.5) is 8.78 Å². The third-order valence-electron chi connectivity index (χ3n) is 4.64. The molecule has 4 rings (SSSR count). The number of nitrogens with zero attached hydrogens (tertiary/aromatic N) is 6. The van der Waals surface area contributed by atoms with Gasteiger partial charge in [0.25, 0.3) is 11.8 Å². The third kappa shape index (κ3) is 3.60. The number of aromatic nitrogens is 5. The number of halogens is 2. The molecule has 0 saturated carbocycles. The minimum Gasteiger partial charge on any atom is -0.337 e. The number of aryl methyl sites for hydroxylation is 1. The fourth-order valence-electron chi connectivity index (χ4n) is 3.07. The van der Waals surface area contributed by atoms with Crippen LogP contribution in [0, 0.1) is 6.92 Å². The van der Waals surface area contributed by atoms with Crippen molar-refractivity contribution in [3.05, 3.63) is 54.4 Å². The average Bonchev–Trinajstić information content (AvgIpc) is 3.14. The molecule has 1 amide bonds. The van der Waals surface area contributed by atoms with Crippen molar-refractivity contribution in [2.75, 3.05) is 13.1 Å². The summed E-state index contributed by atoms with van der Waals surface area (Å²) in [5, 5.41) is 4.42. The SMILES string of the molecule is Cc1cnc(-c2cc(C(=O)N3CCC(F)(F)CC3)nn2-c2cccnc2)cn1. The van der Waals surface area contributed by atoms with Gasteiger partial charge in [-0.05, 0) is 25.1 Å². The highest BCUT2D eigenvalue weighted by atomic mass is 19.3. The van der Waals surface area contributed by atoms with Crippen LogP contribution in [-0.2, 0) is 0 Å². The van der Waals surface area contributed by atoms with Gasteiger partial charge in [0.15, 0.2) is 5.69 Å². The summed E-state index contributed by atoms with van der Waals surface area (Å²) in [7, 11) is 0. The van der Waals surface area contributed by atoms with Gasteiger partial charge in [0.2, 0.25) is 0 Å². The number of pyridine rings is 1. The van der Waals surface area contributed by atoms with E-state index in [1.807, 2.05) is 6.92 Å². The summed E-state index contributed by atoms with van der Waals surface area (Å²) in [5.74, 6) is -3.09. The number of carbonyl (C=O) groups excluding carboxylic acids is 1. The first-order chi connectivity index (χ1) is 13.4. The van der Waals surface area contributed by atoms with Crippen LogP contribution in [-0.4, -0.2) is 54.6 Å². The molecule has 0 atom stereocenters. The molecule has 9 heteroatoms. The summed E-state index contributed by atoms with van der Waals surface area (Å²) in [6.45, 7) is 1.84. The summed E-state index contributed by atoms with van der Waals surface area (Å²) in [5.41, 5.74) is 2.72. The van der Waals surface area contributed by atoms with E-state index in [4.69, 9.17) is 0 Å². The molecule has 1 aliphatic heterocycles. The molecule has 3 aromatic rings. The first-order valence-electron chi connectivity index (χ1n) is 8.89. The second-order valence-electron chi connectivity index (χ2n) is 6.73. The zero-order chi connectivity index (χ0) is 19.7. The number of rotatable bonds is 3. The minimum absolute atomic E-state index is 0.00521. The highest BCUT2D eigenvalue weighted by Gasteiger charge is 2.36. The highest BCUT2D eigenvalue weighted by Crippen LogP contribution is 2.29. The number of amides is 1. The predicted molar refractivity (Wildman–Crippen MR) is 97.2 cm³/mol. The Balaban J connectivity index is 1.71. The molecular formula is C19H18F2N6O. The molecule has 1 saturated heterocycles. The standard InChI is InChI=1S/C19H18F2N6O/c1-13-10-24-16(12-23-13)17-9-15(25-27(17)14-3-2-6-22-11-14)18(28)26-7-4-19(20,21)5-8-26/h2-3,6,9-12H,4-5,7-8H2,1H3. The quantitative estimate of drug-likeness (QED) is 0.694. The van der Waals surface area contributed by atoms with Crippen LogP contribution in [0.2, 0.25) is 0 Å². The predicted octanol–water partition coefficient (Wildman–Crippen LogP) is 2.90. The molecule has 0 radical (unpaired) electrons. The monoisotopic (exact) mass is 384 g/mol. The van der Waals surface area contributed by atoms with Crippen molar-refractivity contribution < 1.29 is 13.6 Å². The molecule has 144 valence electrons. The molecule has 0 spiro atoms. The smallest absolute Gasteiger partial charge is 0.274 e. The van der Waals surface area contributed by atoms with E-state index < -0.39 is 5.92 Å². The van der Waals surface area contributed by atoms with E-state index in [0.717, 1.165) is 5.69 Å². The van der Waals surface area contributed by atoms with E-state index in [1.165, 1.54) is 4.90 Å². The van der Waals surface area contributed by atoms with Crippen LogP contribution >= 0.6 is 0 Å². The molecule has 28 heavy (non-hydrogen) atoms. The lowest BCUT2D eigenvalue weighted by molar-refractivity contribution is -0.0495. The van der Waals surface area contributed by atoms with Crippen LogP contribution in [0.5, 0.6) is 0 Å². The first kappa shape index (κ1) is 18.1. The van der Waals surface area contributed by atoms with E-state index in [1.54, 1.807) is 47.7 Å². The minimum atomic E-state index is -2.71. The molecule has 1 fully saturated rings. The lowest BCUT2D eigenvalue weighted by Crippen LogP contribution is -2.42. The Kier molecular flexibility index (Phi) is 4.58. The van der Waals surface area contributed by atoms with Crippen molar-refractivity contribution in [2.24, 2.45) is 0 Å². The van der Waals surface area contributed by atoms with Gasteiger partial charge >= 0.3 is 0 Å². The Morgan fingerprint density at radius 1 is 1.14 bits per heavy atom. The van der Waals surface area contributed by atoms with Crippen LogP contribution < -0.4 is 0 Å². The normalized spacial score (nSPS) is 16.2. The summed E-state index contributed by atoms with van der Waals surface area (Å²) < 4.78 is 28.4. The number of likely N-dealkylation sites (tertiary alicyclic amines) is 1. The fourth-order valence-corrected chi connectivity index (χ4v) is 3.07. The van der Waals surface area contributed by atoms with Gasteiger partial charge in [-0.3, -0.25) is 19.7 Å². The van der Waals surface area contributed by atoms with Crippen molar-refractivity contribution in [2.45, 2.75) is 25.7 Å². The number of hydrogen-bond acceptors (Lipinski definition) is 5. The molecule has 1 aliphatic rings. The first-order valence-corrected chi connectivity index (χ1v) is 8.89. The van der Waals surface area contributed by atoms with Crippen LogP contribution in [0.3, 0.4) is 0 Å². The summed E-state index contributed by atoms with van der Waals surface area (Å²) in [6.07, 6.45) is 5.82. The van der Waals surface area contributed by atoms with E-state index in [0.29, 0.717) is 17.1 Å². The molecule has 3 aromatic heterocycles. The molecule has 0 N–H and O–H groups in total. The van der Waals surface area contributed by atoms with Gasteiger partial charge < -0.3 is 4.90 Å². The van der Waals surface area contributed by atoms with Crippen molar-refractivity contribution in [3.63, 3.8) is 0 Å². The van der Waals surface area contributed by atoms with E-state index in [9.17, 15) is 13.6 Å². The molecule has 0 aromatic carbocycles. The van der Waals surface area contributed by atoms with Crippen LogP contribution in [0.25, 0.3) is 17.1 Å². The summed E-state index contributed by atoms with van der Waals surface area (Å²) in [6, 6.07) is 5.18. The Morgan fingerprint density at radius 3 is 2.57 bits per heavy atom. The van der Waals surface area contributed by atoms with Crippen molar-refractivity contribution in [1.82, 2.24) is 29.6 Å². The molecule has 0 aliphatic carbocycles. The topological polar surface area (TPSA) is 76.8 Å². The zero-order valence-electron chi connectivity index (χ0n) is 15.2. The van der Waals surface area contributed by atoms with E-state index in [2.05, 4.69) is 20.1 Å². The van der Waals surface area contributed by atoms with Crippen molar-refractivity contribution in [3.8, 4) is 17.1 Å². The second-order valence-corrected chi connectivity index (χ2v) is 6.73. The van der Waals surface area contributed by atoms with Crippen molar-refractivity contribution >= 4 is 5.91 Å². The van der Waals surface area contributed by atoms with Gasteiger partial charge in [0.1, 0.15) is 5.69 Å². The largest absolute Gasteiger partial charge is 0.337 e. The number of piperidine rings is 1. The number of hydrogen-bond donors (Lipinski definition) is 0. The number of alkyl halides is 2. The van der Waals surface area contributed by atoms with Crippen molar-refractivity contribution in [1.29, 1.82) is 0 Å². The van der Waals surface area contributed by atoms with Crippen LogP contribution in [0.1, 0.15) is 29.0 Å². The highest BCUT2D eigenvalue weighted by molar-refractivity contribution is 5.93. The lowest BCUT2D eigenvalue weighted by Gasteiger charge is -2.31. The Labute approximate surface area is 160 Å². The average molecular weight is 384 g/mol. The van der Waals surface area contributed by atoms with Gasteiger partial charge in [-0.2, -0.15) is 5.10 Å². The molecule has 0 bridgehead atoms. The van der Waals surface area contributed by atoms with Crippen LogP contribution in [0.15, 0.2) is 43.0 Å². The zero-order valence-corrected chi connectivity index (χ0v) is 15.2. The van der Waals surface area contributed by atoms with Gasteiger partial charge in [0, 0.05) is 38.3 Å². The molecular weight excluding hydrogens is 366 g/mol. The van der Waals surface area contributed by atoms with Gasteiger partial charge in [-0.25, -0.2) is 13.5 Å². The van der Waals surface area contributed by atoms with Gasteiger partial charge in [-0.15, -0.1) is 0 Å². The van der Waals surface area contributed by atoms with E-state index in [-0.39, 0.29) is 37.5 Å². The Hall–Kier alpha value is -3.23. The maximum Gasteiger partial charge on any atom is 0.274 e. The lowest BCUT2D eigenvalue weighted by atomic mass is 10.1. The third-order valence-corrected chi connectivity index (χ3v) is 4.64. The molecule has 4 heterocycles. The summed E-state index contributed by atoms with van der Waals surface area (Å²) >= 11 is 0. The summed E-state index contributed by atoms with van der Waals surface area (Å²) in [4.78, 5) is 27.0. The van der Waals surface area contributed by atoms with Gasteiger partial charge in [-0.1, -0.05) is 0 Å². The van der Waals surface area contributed by atoms with Gasteiger partial charge in [0.05, 0.1) is 29.5 Å². The maximum atomic E-state index is 13.4. The number of carbonyl (C=O) groups is 1. The Morgan fingerprint density at radius 2 is 1.93 bits per heavy atom. The fraction of sp³-hybridized carbons (Fsp3) is 0.316. The molecule has 0 unspecified atom stereocenters. The second kappa shape index (κ2) is 7.06. The maximum absolute atomic E-state index is 13.4.